The van der Waals surface area contributed by atoms with E-state index in [1.165, 1.54) is 5.56 Å². The van der Waals surface area contributed by atoms with Gasteiger partial charge in [-0.3, -0.25) is 4.79 Å². The van der Waals surface area contributed by atoms with Crippen LogP contribution in [-0.4, -0.2) is 28.5 Å². The number of H-pyrrole nitrogens is 1. The second-order valence-corrected chi connectivity index (χ2v) is 5.06. The highest BCUT2D eigenvalue weighted by Crippen LogP contribution is 2.04. The van der Waals surface area contributed by atoms with Crippen LogP contribution in [0.4, 0.5) is 0 Å². The second kappa shape index (κ2) is 8.21. The number of hydrogen-bond donors (Lipinski definition) is 3. The summed E-state index contributed by atoms with van der Waals surface area (Å²) in [4.78, 5) is 19.0. The minimum absolute atomic E-state index is 0.0784. The number of aryl methyl sites for hydroxylation is 2. The predicted octanol–water partition coefficient (Wildman–Crippen LogP) is 1.42. The first kappa shape index (κ1) is 15.3. The van der Waals surface area contributed by atoms with Crippen LogP contribution in [0.5, 0.6) is 0 Å². The van der Waals surface area contributed by atoms with Crippen molar-refractivity contribution in [2.75, 3.05) is 6.54 Å². The van der Waals surface area contributed by atoms with Crippen LogP contribution in [0, 0.1) is 0 Å². The average molecular weight is 286 g/mol. The molecule has 0 saturated heterocycles. The maximum absolute atomic E-state index is 11.9. The zero-order chi connectivity index (χ0) is 14.9. The number of nitrogens with zero attached hydrogens (tertiary/aromatic N) is 1. The molecule has 2 aromatic rings. The van der Waals surface area contributed by atoms with E-state index in [9.17, 15) is 4.79 Å². The minimum Gasteiger partial charge on any atom is -0.355 e. The Morgan fingerprint density at radius 3 is 2.81 bits per heavy atom. The molecule has 1 unspecified atom stereocenters. The molecule has 2 rings (SSSR count). The molecule has 0 aliphatic rings. The summed E-state index contributed by atoms with van der Waals surface area (Å²) in [6.45, 7) is 0.624. The Balaban J connectivity index is 1.61. The number of amides is 1. The van der Waals surface area contributed by atoms with Crippen LogP contribution < -0.4 is 11.1 Å². The standard InChI is InChI=1S/C16H22N4O/c17-14(9-8-13-5-2-1-3-6-13)16(21)20-10-4-7-15-18-11-12-19-15/h1-3,5-6,11-12,14H,4,7-10,17H2,(H,18,19)(H,20,21). The van der Waals surface area contributed by atoms with Crippen molar-refractivity contribution in [2.45, 2.75) is 31.7 Å². The van der Waals surface area contributed by atoms with Gasteiger partial charge in [0.2, 0.25) is 5.91 Å². The van der Waals surface area contributed by atoms with Crippen LogP contribution in [0.3, 0.4) is 0 Å². The smallest absolute Gasteiger partial charge is 0.236 e. The van der Waals surface area contributed by atoms with Crippen LogP contribution in [-0.2, 0) is 17.6 Å². The zero-order valence-corrected chi connectivity index (χ0v) is 12.1. The fourth-order valence-corrected chi connectivity index (χ4v) is 2.13. The molecule has 0 saturated carbocycles. The molecule has 0 radical (unpaired) electrons. The second-order valence-electron chi connectivity index (χ2n) is 5.06. The number of rotatable bonds is 8. The van der Waals surface area contributed by atoms with E-state index in [0.717, 1.165) is 25.1 Å². The van der Waals surface area contributed by atoms with Gasteiger partial charge in [-0.2, -0.15) is 0 Å². The lowest BCUT2D eigenvalue weighted by Gasteiger charge is -2.12. The van der Waals surface area contributed by atoms with E-state index in [2.05, 4.69) is 15.3 Å². The molecule has 4 N–H and O–H groups in total. The molecule has 112 valence electrons. The van der Waals surface area contributed by atoms with Crippen molar-refractivity contribution >= 4 is 5.91 Å². The van der Waals surface area contributed by atoms with Crippen molar-refractivity contribution in [1.82, 2.24) is 15.3 Å². The summed E-state index contributed by atoms with van der Waals surface area (Å²) in [5, 5.41) is 2.88. The Morgan fingerprint density at radius 1 is 1.29 bits per heavy atom. The molecule has 0 aliphatic carbocycles. The van der Waals surface area contributed by atoms with E-state index < -0.39 is 6.04 Å². The Bertz CT molecular complexity index is 524. The van der Waals surface area contributed by atoms with Gasteiger partial charge in [0.1, 0.15) is 5.82 Å². The van der Waals surface area contributed by atoms with Crippen molar-refractivity contribution < 1.29 is 4.79 Å². The summed E-state index contributed by atoms with van der Waals surface area (Å²) in [5.74, 6) is 0.864. The van der Waals surface area contributed by atoms with E-state index in [0.29, 0.717) is 13.0 Å². The molecule has 1 atom stereocenters. The molecule has 1 aromatic carbocycles. The highest BCUT2D eigenvalue weighted by atomic mass is 16.2. The third kappa shape index (κ3) is 5.39. The van der Waals surface area contributed by atoms with Crippen LogP contribution >= 0.6 is 0 Å². The van der Waals surface area contributed by atoms with Gasteiger partial charge in [0.05, 0.1) is 6.04 Å². The van der Waals surface area contributed by atoms with Gasteiger partial charge in [0.15, 0.2) is 0 Å². The lowest BCUT2D eigenvalue weighted by molar-refractivity contribution is -0.122. The van der Waals surface area contributed by atoms with E-state index in [-0.39, 0.29) is 5.91 Å². The number of nitrogens with one attached hydrogen (secondary N) is 2. The summed E-state index contributed by atoms with van der Waals surface area (Å²) in [6.07, 6.45) is 6.69. The van der Waals surface area contributed by atoms with E-state index in [1.54, 1.807) is 12.4 Å². The Hall–Kier alpha value is -2.14. The number of imidazole rings is 1. The molecule has 5 nitrogen and oxygen atoms in total. The van der Waals surface area contributed by atoms with E-state index in [1.807, 2.05) is 30.3 Å². The number of carbonyl (C=O) groups is 1. The number of aromatic nitrogens is 2. The lowest BCUT2D eigenvalue weighted by atomic mass is 10.1. The lowest BCUT2D eigenvalue weighted by Crippen LogP contribution is -2.41. The van der Waals surface area contributed by atoms with Crippen molar-refractivity contribution in [2.24, 2.45) is 5.73 Å². The van der Waals surface area contributed by atoms with Crippen LogP contribution in [0.1, 0.15) is 24.2 Å². The van der Waals surface area contributed by atoms with Gasteiger partial charge in [0, 0.05) is 25.4 Å². The molecule has 5 heteroatoms. The number of hydrogen-bond acceptors (Lipinski definition) is 3. The minimum atomic E-state index is -0.450. The summed E-state index contributed by atoms with van der Waals surface area (Å²) < 4.78 is 0. The van der Waals surface area contributed by atoms with E-state index in [4.69, 9.17) is 5.73 Å². The first-order valence-corrected chi connectivity index (χ1v) is 7.31. The summed E-state index contributed by atoms with van der Waals surface area (Å²) >= 11 is 0. The maximum atomic E-state index is 11.9. The van der Waals surface area contributed by atoms with Crippen molar-refractivity contribution in [3.05, 3.63) is 54.1 Å². The van der Waals surface area contributed by atoms with Crippen molar-refractivity contribution in [1.29, 1.82) is 0 Å². The molecule has 21 heavy (non-hydrogen) atoms. The summed E-state index contributed by atoms with van der Waals surface area (Å²) in [6, 6.07) is 9.62. The summed E-state index contributed by atoms with van der Waals surface area (Å²) in [5.41, 5.74) is 7.12. The molecule has 1 heterocycles. The first-order chi connectivity index (χ1) is 10.3. The Morgan fingerprint density at radius 2 is 2.10 bits per heavy atom. The molecule has 1 amide bonds. The van der Waals surface area contributed by atoms with Crippen molar-refractivity contribution in [3.8, 4) is 0 Å². The largest absolute Gasteiger partial charge is 0.355 e. The van der Waals surface area contributed by atoms with E-state index >= 15 is 0 Å². The van der Waals surface area contributed by atoms with Crippen LogP contribution in [0.25, 0.3) is 0 Å². The zero-order valence-electron chi connectivity index (χ0n) is 12.1. The molecule has 0 aliphatic heterocycles. The number of aromatic amines is 1. The molecule has 0 spiro atoms. The van der Waals surface area contributed by atoms with Crippen LogP contribution in [0.15, 0.2) is 42.7 Å². The molecular weight excluding hydrogens is 264 g/mol. The maximum Gasteiger partial charge on any atom is 0.236 e. The number of benzene rings is 1. The van der Waals surface area contributed by atoms with Gasteiger partial charge < -0.3 is 16.0 Å². The average Bonchev–Trinajstić information content (AvgIpc) is 3.03. The fourth-order valence-electron chi connectivity index (χ4n) is 2.13. The molecular formula is C16H22N4O. The normalized spacial score (nSPS) is 12.0. The number of nitrogens with two attached hydrogens (primary N) is 1. The van der Waals surface area contributed by atoms with Gasteiger partial charge >= 0.3 is 0 Å². The van der Waals surface area contributed by atoms with Gasteiger partial charge in [-0.25, -0.2) is 4.98 Å². The van der Waals surface area contributed by atoms with Crippen LogP contribution in [0.2, 0.25) is 0 Å². The van der Waals surface area contributed by atoms with Gasteiger partial charge in [-0.1, -0.05) is 30.3 Å². The predicted molar refractivity (Wildman–Crippen MR) is 82.7 cm³/mol. The highest BCUT2D eigenvalue weighted by Gasteiger charge is 2.12. The third-order valence-electron chi connectivity index (χ3n) is 3.37. The fraction of sp³-hybridized carbons (Fsp3) is 0.375. The molecule has 1 aromatic heterocycles. The highest BCUT2D eigenvalue weighted by molar-refractivity contribution is 5.81. The van der Waals surface area contributed by atoms with Gasteiger partial charge in [0.25, 0.3) is 0 Å². The first-order valence-electron chi connectivity index (χ1n) is 7.31. The summed E-state index contributed by atoms with van der Waals surface area (Å²) in [7, 11) is 0. The molecule has 0 bridgehead atoms. The quantitative estimate of drug-likeness (QED) is 0.642. The Kier molecular flexibility index (Phi) is 5.97. The Labute approximate surface area is 125 Å². The van der Waals surface area contributed by atoms with Crippen molar-refractivity contribution in [3.63, 3.8) is 0 Å². The SMILES string of the molecule is NC(CCc1ccccc1)C(=O)NCCCc1ncc[nH]1. The monoisotopic (exact) mass is 286 g/mol. The molecule has 0 fully saturated rings. The third-order valence-corrected chi connectivity index (χ3v) is 3.37. The van der Waals surface area contributed by atoms with Gasteiger partial charge in [-0.05, 0) is 24.8 Å². The number of carbonyl (C=O) groups excluding carboxylic acids is 1. The van der Waals surface area contributed by atoms with Gasteiger partial charge in [-0.15, -0.1) is 0 Å². The topological polar surface area (TPSA) is 83.8 Å².